The summed E-state index contributed by atoms with van der Waals surface area (Å²) in [6.07, 6.45) is 28.1. The molecule has 0 aromatic carbocycles. The van der Waals surface area contributed by atoms with Gasteiger partial charge in [-0.25, -0.2) is 9.59 Å². The highest BCUT2D eigenvalue weighted by Crippen LogP contribution is 2.30. The first-order chi connectivity index (χ1) is 19.9. The van der Waals surface area contributed by atoms with Gasteiger partial charge in [0.25, 0.3) is 0 Å². The van der Waals surface area contributed by atoms with Gasteiger partial charge < -0.3 is 9.47 Å². The van der Waals surface area contributed by atoms with E-state index in [0.29, 0.717) is 37.2 Å². The van der Waals surface area contributed by atoms with E-state index in [0.717, 1.165) is 51.4 Å². The Morgan fingerprint density at radius 1 is 0.683 bits per heavy atom. The zero-order chi connectivity index (χ0) is 30.1. The molecule has 0 saturated carbocycles. The Kier molecular flexibility index (Phi) is 22.1. The molecule has 0 spiro atoms. The molecule has 0 aromatic heterocycles. The predicted molar refractivity (Wildman–Crippen MR) is 174 cm³/mol. The van der Waals surface area contributed by atoms with Crippen LogP contribution in [0.3, 0.4) is 0 Å². The second-order valence-electron chi connectivity index (χ2n) is 12.1. The van der Waals surface area contributed by atoms with E-state index in [9.17, 15) is 9.59 Å². The summed E-state index contributed by atoms with van der Waals surface area (Å²) in [4.78, 5) is 26.2. The minimum absolute atomic E-state index is 0.335. The molecule has 0 amide bonds. The number of allylic oxidation sites excluding steroid dienone is 6. The van der Waals surface area contributed by atoms with Gasteiger partial charge in [-0.1, -0.05) is 126 Å². The molecule has 1 rings (SSSR count). The molecule has 1 aliphatic rings. The normalized spacial score (nSPS) is 13.7. The van der Waals surface area contributed by atoms with Crippen LogP contribution in [-0.2, 0) is 19.1 Å². The summed E-state index contributed by atoms with van der Waals surface area (Å²) in [5.74, 6) is -0.679. The molecular formula is C37H62O4. The Hall–Kier alpha value is -2.10. The van der Waals surface area contributed by atoms with Crippen LogP contribution in [0, 0.1) is 0 Å². The van der Waals surface area contributed by atoms with Crippen LogP contribution < -0.4 is 0 Å². The van der Waals surface area contributed by atoms with Crippen molar-refractivity contribution in [2.45, 2.75) is 163 Å². The van der Waals surface area contributed by atoms with Crippen LogP contribution in [0.15, 0.2) is 46.1 Å². The fourth-order valence-electron chi connectivity index (χ4n) is 5.18. The molecular weight excluding hydrogens is 508 g/mol. The Labute approximate surface area is 253 Å². The Morgan fingerprint density at radius 3 is 1.73 bits per heavy atom. The van der Waals surface area contributed by atoms with E-state index in [1.165, 1.54) is 80.9 Å². The molecule has 0 aromatic rings. The predicted octanol–water partition coefficient (Wildman–Crippen LogP) is 11.1. The molecule has 4 heteroatoms. The van der Waals surface area contributed by atoms with Gasteiger partial charge in [-0.2, -0.15) is 0 Å². The number of unbranched alkanes of at least 4 members (excludes halogenated alkanes) is 12. The number of esters is 2. The molecule has 234 valence electrons. The van der Waals surface area contributed by atoms with Crippen LogP contribution in [0.1, 0.15) is 163 Å². The van der Waals surface area contributed by atoms with Crippen molar-refractivity contribution in [3.8, 4) is 0 Å². The lowest BCUT2D eigenvalue weighted by molar-refractivity contribution is -0.142. The molecule has 41 heavy (non-hydrogen) atoms. The summed E-state index contributed by atoms with van der Waals surface area (Å²) in [6.45, 7) is 11.8. The van der Waals surface area contributed by atoms with Gasteiger partial charge in [0.1, 0.15) is 0 Å². The topological polar surface area (TPSA) is 52.6 Å². The fourth-order valence-corrected chi connectivity index (χ4v) is 5.18. The van der Waals surface area contributed by atoms with Crippen molar-refractivity contribution in [2.24, 2.45) is 0 Å². The first-order valence-electron chi connectivity index (χ1n) is 16.9. The maximum Gasteiger partial charge on any atom is 0.334 e. The second kappa shape index (κ2) is 24.5. The first kappa shape index (κ1) is 36.9. The summed E-state index contributed by atoms with van der Waals surface area (Å²) in [6, 6.07) is 0. The lowest BCUT2D eigenvalue weighted by Crippen LogP contribution is -2.20. The van der Waals surface area contributed by atoms with Crippen LogP contribution in [0.5, 0.6) is 0 Å². The van der Waals surface area contributed by atoms with Gasteiger partial charge >= 0.3 is 11.9 Å². The number of hydrogen-bond donors (Lipinski definition) is 0. The zero-order valence-corrected chi connectivity index (χ0v) is 27.4. The lowest BCUT2D eigenvalue weighted by atomic mass is 9.89. The number of rotatable bonds is 24. The minimum Gasteiger partial charge on any atom is -0.462 e. The average molecular weight is 571 g/mol. The van der Waals surface area contributed by atoms with Crippen LogP contribution in [0.25, 0.3) is 0 Å². The monoisotopic (exact) mass is 570 g/mol. The van der Waals surface area contributed by atoms with E-state index in [-0.39, 0.29) is 11.9 Å². The van der Waals surface area contributed by atoms with Gasteiger partial charge in [-0.15, -0.1) is 0 Å². The number of carbonyl (C=O) groups is 2. The molecule has 0 saturated heterocycles. The summed E-state index contributed by atoms with van der Waals surface area (Å²) >= 11 is 0. The molecule has 0 bridgehead atoms. The maximum atomic E-state index is 13.2. The SMILES string of the molecule is CCCCCCCCCOC(=O)C1=C(C(=O)OCCCCCCCCC)CC(CCC=C(C)CCC=C(C)C)=CC1. The third-order valence-electron chi connectivity index (χ3n) is 7.87. The highest BCUT2D eigenvalue weighted by atomic mass is 16.5. The van der Waals surface area contributed by atoms with Crippen molar-refractivity contribution in [3.05, 3.63) is 46.1 Å². The molecule has 0 unspecified atom stereocenters. The summed E-state index contributed by atoms with van der Waals surface area (Å²) in [5, 5.41) is 0. The Balaban J connectivity index is 2.65. The molecule has 0 atom stereocenters. The van der Waals surface area contributed by atoms with Gasteiger partial charge in [0.15, 0.2) is 0 Å². The third kappa shape index (κ3) is 18.9. The molecule has 0 fully saturated rings. The maximum absolute atomic E-state index is 13.2. The van der Waals surface area contributed by atoms with Gasteiger partial charge in [0, 0.05) is 6.42 Å². The largest absolute Gasteiger partial charge is 0.462 e. The van der Waals surface area contributed by atoms with Crippen molar-refractivity contribution in [1.82, 2.24) is 0 Å². The number of carbonyl (C=O) groups excluding carboxylic acids is 2. The third-order valence-corrected chi connectivity index (χ3v) is 7.87. The van der Waals surface area contributed by atoms with E-state index in [1.807, 2.05) is 0 Å². The second-order valence-corrected chi connectivity index (χ2v) is 12.1. The van der Waals surface area contributed by atoms with Gasteiger partial charge in [-0.05, 0) is 65.7 Å². The highest BCUT2D eigenvalue weighted by Gasteiger charge is 2.26. The van der Waals surface area contributed by atoms with E-state index in [4.69, 9.17) is 9.47 Å². The fraction of sp³-hybridized carbons (Fsp3) is 0.730. The standard InChI is InChI=1S/C37H62O4/c1-6-8-10-12-14-16-18-28-40-36(38)34-27-26-33(25-21-24-32(5)23-20-22-31(3)4)30-35(34)37(39)41-29-19-17-15-13-11-9-7-2/h22,24,26H,6-21,23,25,27-30H2,1-5H3. The van der Waals surface area contributed by atoms with Crippen LogP contribution in [0.2, 0.25) is 0 Å². The van der Waals surface area contributed by atoms with Crippen molar-refractivity contribution in [2.75, 3.05) is 13.2 Å². The molecule has 4 nitrogen and oxygen atoms in total. The van der Waals surface area contributed by atoms with Crippen LogP contribution >= 0.6 is 0 Å². The van der Waals surface area contributed by atoms with Gasteiger partial charge in [-0.3, -0.25) is 0 Å². The molecule has 0 N–H and O–H groups in total. The minimum atomic E-state index is -0.343. The smallest absolute Gasteiger partial charge is 0.334 e. The van der Waals surface area contributed by atoms with Crippen LogP contribution in [0.4, 0.5) is 0 Å². The average Bonchev–Trinajstić information content (AvgIpc) is 2.95. The van der Waals surface area contributed by atoms with Gasteiger partial charge in [0.2, 0.25) is 0 Å². The van der Waals surface area contributed by atoms with E-state index in [1.54, 1.807) is 0 Å². The number of hydrogen-bond acceptors (Lipinski definition) is 4. The van der Waals surface area contributed by atoms with E-state index < -0.39 is 0 Å². The molecule has 0 radical (unpaired) electrons. The zero-order valence-electron chi connectivity index (χ0n) is 27.4. The Bertz CT molecular complexity index is 854. The molecule has 1 aliphatic carbocycles. The molecule has 0 heterocycles. The molecule has 0 aliphatic heterocycles. The van der Waals surface area contributed by atoms with E-state index in [2.05, 4.69) is 52.8 Å². The lowest BCUT2D eigenvalue weighted by Gasteiger charge is -2.19. The van der Waals surface area contributed by atoms with E-state index >= 15 is 0 Å². The Morgan fingerprint density at radius 2 is 1.20 bits per heavy atom. The first-order valence-corrected chi connectivity index (χ1v) is 16.9. The number of ether oxygens (including phenoxy) is 2. The van der Waals surface area contributed by atoms with Crippen molar-refractivity contribution in [3.63, 3.8) is 0 Å². The van der Waals surface area contributed by atoms with Crippen LogP contribution in [-0.4, -0.2) is 25.2 Å². The van der Waals surface area contributed by atoms with Crippen molar-refractivity contribution < 1.29 is 19.1 Å². The summed E-state index contributed by atoms with van der Waals surface area (Å²) in [7, 11) is 0. The van der Waals surface area contributed by atoms with Crippen molar-refractivity contribution >= 4 is 11.9 Å². The summed E-state index contributed by atoms with van der Waals surface area (Å²) < 4.78 is 11.3. The highest BCUT2D eigenvalue weighted by molar-refractivity contribution is 6.01. The van der Waals surface area contributed by atoms with Crippen molar-refractivity contribution in [1.29, 1.82) is 0 Å². The van der Waals surface area contributed by atoms with Gasteiger partial charge in [0.05, 0.1) is 24.4 Å². The summed E-state index contributed by atoms with van der Waals surface area (Å²) in [5.41, 5.74) is 4.98. The quantitative estimate of drug-likeness (QED) is 0.0658.